The van der Waals surface area contributed by atoms with E-state index in [0.29, 0.717) is 34.9 Å². The van der Waals surface area contributed by atoms with Crippen LogP contribution in [0.4, 0.5) is 13.2 Å². The molecule has 8 heteroatoms. The molecule has 1 N–H and O–H groups in total. The molecule has 0 bridgehead atoms. The van der Waals surface area contributed by atoms with E-state index in [0.717, 1.165) is 29.7 Å². The molecule has 35 heavy (non-hydrogen) atoms. The number of aryl methyl sites for hydroxylation is 2. The third-order valence-corrected chi connectivity index (χ3v) is 5.59. The highest BCUT2D eigenvalue weighted by atomic mass is 19.4. The SMILES string of the molecule is CCCC(Oc1ccc(OC(C)C(=O)O)c(C)c1)c1ccc(-c2cccc(C(F)(F)F)c2)nc1C. The number of rotatable bonds is 9. The summed E-state index contributed by atoms with van der Waals surface area (Å²) in [6, 6.07) is 13.8. The Kier molecular flexibility index (Phi) is 8.04. The van der Waals surface area contributed by atoms with E-state index in [-0.39, 0.29) is 6.10 Å². The minimum atomic E-state index is -4.42. The van der Waals surface area contributed by atoms with Crippen LogP contribution in [0.5, 0.6) is 11.5 Å². The van der Waals surface area contributed by atoms with E-state index in [9.17, 15) is 18.0 Å². The number of nitrogens with zero attached hydrogens (tertiary/aromatic N) is 1. The lowest BCUT2D eigenvalue weighted by molar-refractivity contribution is -0.144. The molecule has 2 aromatic carbocycles. The monoisotopic (exact) mass is 487 g/mol. The van der Waals surface area contributed by atoms with Gasteiger partial charge in [-0.3, -0.25) is 4.98 Å². The highest BCUT2D eigenvalue weighted by Gasteiger charge is 2.30. The second-order valence-corrected chi connectivity index (χ2v) is 8.37. The number of pyridine rings is 1. The molecule has 3 rings (SSSR count). The lowest BCUT2D eigenvalue weighted by atomic mass is 10.0. The molecule has 1 heterocycles. The Bertz CT molecular complexity index is 1190. The van der Waals surface area contributed by atoms with Gasteiger partial charge in [0, 0.05) is 16.8 Å². The van der Waals surface area contributed by atoms with E-state index >= 15 is 0 Å². The zero-order valence-corrected chi connectivity index (χ0v) is 20.0. The van der Waals surface area contributed by atoms with Crippen LogP contribution in [0, 0.1) is 13.8 Å². The van der Waals surface area contributed by atoms with Crippen LogP contribution < -0.4 is 9.47 Å². The maximum absolute atomic E-state index is 13.1. The second kappa shape index (κ2) is 10.8. The Labute approximate surface area is 202 Å². The summed E-state index contributed by atoms with van der Waals surface area (Å²) in [6.07, 6.45) is -4.16. The van der Waals surface area contributed by atoms with Crippen LogP contribution in [-0.2, 0) is 11.0 Å². The number of carbonyl (C=O) groups is 1. The van der Waals surface area contributed by atoms with Gasteiger partial charge in [-0.25, -0.2) is 4.79 Å². The number of hydrogen-bond acceptors (Lipinski definition) is 4. The largest absolute Gasteiger partial charge is 0.486 e. The fourth-order valence-electron chi connectivity index (χ4n) is 3.70. The molecule has 186 valence electrons. The molecule has 0 fully saturated rings. The second-order valence-electron chi connectivity index (χ2n) is 8.37. The van der Waals surface area contributed by atoms with Crippen LogP contribution in [-0.4, -0.2) is 22.2 Å². The molecule has 0 amide bonds. The van der Waals surface area contributed by atoms with Crippen molar-refractivity contribution in [3.05, 3.63) is 77.0 Å². The van der Waals surface area contributed by atoms with Crippen molar-refractivity contribution in [1.29, 1.82) is 0 Å². The van der Waals surface area contributed by atoms with Crippen LogP contribution in [0.15, 0.2) is 54.6 Å². The van der Waals surface area contributed by atoms with Gasteiger partial charge >= 0.3 is 12.1 Å². The summed E-state index contributed by atoms with van der Waals surface area (Å²) in [6.45, 7) is 7.12. The van der Waals surface area contributed by atoms with Crippen molar-refractivity contribution in [2.45, 2.75) is 58.9 Å². The summed E-state index contributed by atoms with van der Waals surface area (Å²) in [5, 5.41) is 9.05. The van der Waals surface area contributed by atoms with Crippen molar-refractivity contribution in [2.75, 3.05) is 0 Å². The molecular formula is C27H28F3NO4. The Morgan fingerprint density at radius 3 is 2.40 bits per heavy atom. The molecule has 5 nitrogen and oxygen atoms in total. The molecule has 0 aliphatic heterocycles. The summed E-state index contributed by atoms with van der Waals surface area (Å²) in [5.41, 5.74) is 2.39. The zero-order chi connectivity index (χ0) is 25.8. The van der Waals surface area contributed by atoms with E-state index in [1.165, 1.54) is 13.0 Å². The van der Waals surface area contributed by atoms with Crippen molar-refractivity contribution >= 4 is 5.97 Å². The number of carboxylic acid groups (broad SMARTS) is 1. The van der Waals surface area contributed by atoms with Crippen molar-refractivity contribution in [3.8, 4) is 22.8 Å². The van der Waals surface area contributed by atoms with Crippen molar-refractivity contribution < 1.29 is 32.5 Å². The molecule has 0 spiro atoms. The van der Waals surface area contributed by atoms with Gasteiger partial charge in [-0.2, -0.15) is 13.2 Å². The zero-order valence-electron chi connectivity index (χ0n) is 20.0. The summed E-state index contributed by atoms with van der Waals surface area (Å²) in [7, 11) is 0. The predicted octanol–water partition coefficient (Wildman–Crippen LogP) is 7.16. The first kappa shape index (κ1) is 26.1. The van der Waals surface area contributed by atoms with Crippen LogP contribution in [0.25, 0.3) is 11.3 Å². The van der Waals surface area contributed by atoms with Gasteiger partial charge in [-0.05, 0) is 69.2 Å². The summed E-state index contributed by atoms with van der Waals surface area (Å²) in [4.78, 5) is 15.6. The van der Waals surface area contributed by atoms with Crippen molar-refractivity contribution in [3.63, 3.8) is 0 Å². The molecule has 1 aromatic heterocycles. The smallest absolute Gasteiger partial charge is 0.416 e. The lowest BCUT2D eigenvalue weighted by Crippen LogP contribution is -2.23. The van der Waals surface area contributed by atoms with E-state index in [4.69, 9.17) is 14.6 Å². The molecular weight excluding hydrogens is 459 g/mol. The minimum Gasteiger partial charge on any atom is -0.486 e. The Morgan fingerprint density at radius 1 is 1.06 bits per heavy atom. The minimum absolute atomic E-state index is 0.313. The quantitative estimate of drug-likeness (QED) is 0.347. The number of carboxylic acids is 1. The molecule has 3 aromatic rings. The van der Waals surface area contributed by atoms with Gasteiger partial charge in [0.25, 0.3) is 0 Å². The van der Waals surface area contributed by atoms with Gasteiger partial charge in [-0.1, -0.05) is 31.5 Å². The first-order valence-corrected chi connectivity index (χ1v) is 11.3. The first-order valence-electron chi connectivity index (χ1n) is 11.3. The van der Waals surface area contributed by atoms with E-state index in [2.05, 4.69) is 4.98 Å². The molecule has 0 saturated heterocycles. The van der Waals surface area contributed by atoms with Gasteiger partial charge in [0.15, 0.2) is 6.10 Å². The van der Waals surface area contributed by atoms with Gasteiger partial charge < -0.3 is 14.6 Å². The average Bonchev–Trinajstić information content (AvgIpc) is 2.80. The van der Waals surface area contributed by atoms with E-state index in [1.54, 1.807) is 30.3 Å². The third kappa shape index (κ3) is 6.53. The van der Waals surface area contributed by atoms with E-state index in [1.807, 2.05) is 26.8 Å². The number of aromatic nitrogens is 1. The highest BCUT2D eigenvalue weighted by molar-refractivity contribution is 5.72. The predicted molar refractivity (Wildman–Crippen MR) is 127 cm³/mol. The number of aliphatic carboxylic acids is 1. The van der Waals surface area contributed by atoms with Crippen LogP contribution in [0.1, 0.15) is 55.2 Å². The van der Waals surface area contributed by atoms with Crippen LogP contribution >= 0.6 is 0 Å². The molecule has 2 atom stereocenters. The summed E-state index contributed by atoms with van der Waals surface area (Å²) in [5.74, 6) is 0.00417. The van der Waals surface area contributed by atoms with Gasteiger partial charge in [-0.15, -0.1) is 0 Å². The molecule has 0 aliphatic carbocycles. The van der Waals surface area contributed by atoms with Crippen molar-refractivity contribution in [1.82, 2.24) is 4.98 Å². The Hall–Kier alpha value is -3.55. The normalized spacial score (nSPS) is 13.2. The highest BCUT2D eigenvalue weighted by Crippen LogP contribution is 2.34. The molecule has 2 unspecified atom stereocenters. The first-order chi connectivity index (χ1) is 16.5. The maximum Gasteiger partial charge on any atom is 0.416 e. The topological polar surface area (TPSA) is 68.7 Å². The standard InChI is InChI=1S/C27H28F3NO4/c1-5-7-25(35-21-10-13-24(16(2)14-21)34-18(4)26(32)33)22-11-12-23(31-17(22)3)19-8-6-9-20(15-19)27(28,29)30/h6,8-15,18,25H,5,7H2,1-4H3,(H,32,33). The van der Waals surface area contributed by atoms with E-state index < -0.39 is 23.8 Å². The Balaban J connectivity index is 1.84. The molecule has 0 saturated carbocycles. The maximum atomic E-state index is 13.1. The van der Waals surface area contributed by atoms with Gasteiger partial charge in [0.2, 0.25) is 0 Å². The van der Waals surface area contributed by atoms with Crippen molar-refractivity contribution in [2.24, 2.45) is 0 Å². The van der Waals surface area contributed by atoms with Crippen LogP contribution in [0.2, 0.25) is 0 Å². The third-order valence-electron chi connectivity index (χ3n) is 5.59. The lowest BCUT2D eigenvalue weighted by Gasteiger charge is -2.22. The average molecular weight is 488 g/mol. The fraction of sp³-hybridized carbons (Fsp3) is 0.333. The summed E-state index contributed by atoms with van der Waals surface area (Å²) < 4.78 is 51.0. The van der Waals surface area contributed by atoms with Crippen LogP contribution in [0.3, 0.4) is 0 Å². The number of ether oxygens (including phenoxy) is 2. The van der Waals surface area contributed by atoms with Gasteiger partial charge in [0.05, 0.1) is 11.3 Å². The number of halogens is 3. The van der Waals surface area contributed by atoms with Gasteiger partial charge in [0.1, 0.15) is 17.6 Å². The Morgan fingerprint density at radius 2 is 1.80 bits per heavy atom. The number of benzene rings is 2. The summed E-state index contributed by atoms with van der Waals surface area (Å²) >= 11 is 0. The number of hydrogen-bond donors (Lipinski definition) is 1. The molecule has 0 radical (unpaired) electrons. The fourth-order valence-corrected chi connectivity index (χ4v) is 3.70. The molecule has 0 aliphatic rings. The number of alkyl halides is 3.